The second-order valence-electron chi connectivity index (χ2n) is 7.66. The fourth-order valence-corrected chi connectivity index (χ4v) is 6.48. The Hall–Kier alpha value is -2.91. The number of aromatic nitrogens is 2. The molecule has 0 atom stereocenters. The predicted molar refractivity (Wildman–Crippen MR) is 125 cm³/mol. The summed E-state index contributed by atoms with van der Waals surface area (Å²) in [6.45, 7) is 2.93. The Balaban J connectivity index is 1.39. The lowest BCUT2D eigenvalue weighted by Crippen LogP contribution is -2.34. The SMILES string of the molecule is CCN1c2ccccc2-c2nc(SCc3ccc(N4CCCC4=O)cc3)ncc2S1(=O)=O. The summed E-state index contributed by atoms with van der Waals surface area (Å²) in [6, 6.07) is 15.4. The molecule has 0 saturated carbocycles. The molecule has 0 N–H and O–H groups in total. The maximum atomic E-state index is 13.1. The first-order chi connectivity index (χ1) is 15.5. The van der Waals surface area contributed by atoms with E-state index in [4.69, 9.17) is 0 Å². The van der Waals surface area contributed by atoms with E-state index in [2.05, 4.69) is 9.97 Å². The van der Waals surface area contributed by atoms with Crippen LogP contribution < -0.4 is 9.21 Å². The lowest BCUT2D eigenvalue weighted by Gasteiger charge is -2.30. The number of fused-ring (bicyclic) bond motifs is 3. The minimum absolute atomic E-state index is 0.141. The van der Waals surface area contributed by atoms with Gasteiger partial charge in [-0.05, 0) is 37.1 Å². The van der Waals surface area contributed by atoms with Gasteiger partial charge >= 0.3 is 0 Å². The number of sulfonamides is 1. The van der Waals surface area contributed by atoms with Gasteiger partial charge in [-0.2, -0.15) is 0 Å². The van der Waals surface area contributed by atoms with E-state index in [9.17, 15) is 13.2 Å². The van der Waals surface area contributed by atoms with Crippen LogP contribution in [0.4, 0.5) is 11.4 Å². The van der Waals surface area contributed by atoms with Gasteiger partial charge in [0.1, 0.15) is 4.90 Å². The van der Waals surface area contributed by atoms with E-state index >= 15 is 0 Å². The summed E-state index contributed by atoms with van der Waals surface area (Å²) in [6.07, 6.45) is 2.93. The largest absolute Gasteiger partial charge is 0.312 e. The molecule has 1 fully saturated rings. The van der Waals surface area contributed by atoms with Gasteiger partial charge in [-0.3, -0.25) is 9.10 Å². The van der Waals surface area contributed by atoms with E-state index in [1.54, 1.807) is 6.07 Å². The molecule has 5 rings (SSSR count). The number of rotatable bonds is 5. The Kier molecular flexibility index (Phi) is 5.38. The number of benzene rings is 2. The molecule has 1 saturated heterocycles. The molecule has 0 bridgehead atoms. The van der Waals surface area contributed by atoms with Gasteiger partial charge in [0.25, 0.3) is 10.0 Å². The van der Waals surface area contributed by atoms with E-state index in [1.807, 2.05) is 54.3 Å². The van der Waals surface area contributed by atoms with E-state index in [-0.39, 0.29) is 10.8 Å². The van der Waals surface area contributed by atoms with Crippen LogP contribution in [0.2, 0.25) is 0 Å². The molecule has 1 amide bonds. The average molecular weight is 467 g/mol. The number of thioether (sulfide) groups is 1. The topological polar surface area (TPSA) is 83.5 Å². The van der Waals surface area contributed by atoms with Crippen molar-refractivity contribution in [3.8, 4) is 11.3 Å². The molecule has 3 heterocycles. The first kappa shape index (κ1) is 21.0. The van der Waals surface area contributed by atoms with Crippen LogP contribution >= 0.6 is 11.8 Å². The number of carbonyl (C=O) groups is 1. The van der Waals surface area contributed by atoms with Crippen molar-refractivity contribution in [2.75, 3.05) is 22.3 Å². The first-order valence-electron chi connectivity index (χ1n) is 10.5. The molecule has 2 aliphatic heterocycles. The molecular formula is C23H22N4O3S2. The van der Waals surface area contributed by atoms with Crippen LogP contribution in [-0.4, -0.2) is 37.4 Å². The third kappa shape index (κ3) is 3.55. The molecule has 0 spiro atoms. The van der Waals surface area contributed by atoms with Gasteiger partial charge in [-0.25, -0.2) is 18.4 Å². The van der Waals surface area contributed by atoms with Crippen molar-refractivity contribution in [2.24, 2.45) is 0 Å². The lowest BCUT2D eigenvalue weighted by molar-refractivity contribution is -0.117. The van der Waals surface area contributed by atoms with Gasteiger partial charge in [0.05, 0.1) is 17.6 Å². The number of amides is 1. The number of hydrogen-bond acceptors (Lipinski definition) is 6. The molecule has 3 aromatic rings. The molecule has 0 radical (unpaired) electrons. The summed E-state index contributed by atoms with van der Waals surface area (Å²) in [5.41, 5.74) is 3.89. The first-order valence-corrected chi connectivity index (χ1v) is 12.9. The van der Waals surface area contributed by atoms with Crippen molar-refractivity contribution in [2.45, 2.75) is 35.6 Å². The van der Waals surface area contributed by atoms with Crippen molar-refractivity contribution in [3.63, 3.8) is 0 Å². The van der Waals surface area contributed by atoms with Crippen molar-refractivity contribution in [1.82, 2.24) is 9.97 Å². The Bertz CT molecular complexity index is 1290. The standard InChI is InChI=1S/C23H22N4O3S2/c1-2-27-19-7-4-3-6-18(19)22-20(32(27,29)30)14-24-23(25-22)31-15-16-9-11-17(12-10-16)26-13-5-8-21(26)28/h3-4,6-7,9-12,14H,2,5,8,13,15H2,1H3. The Labute approximate surface area is 191 Å². The molecule has 7 nitrogen and oxygen atoms in total. The molecule has 0 aliphatic carbocycles. The summed E-state index contributed by atoms with van der Waals surface area (Å²) < 4.78 is 27.5. The molecule has 2 aliphatic rings. The summed E-state index contributed by atoms with van der Waals surface area (Å²) in [5.74, 6) is 0.814. The second-order valence-corrected chi connectivity index (χ2v) is 10.4. The number of hydrogen-bond donors (Lipinski definition) is 0. The summed E-state index contributed by atoms with van der Waals surface area (Å²) >= 11 is 1.46. The highest BCUT2D eigenvalue weighted by molar-refractivity contribution is 7.98. The maximum Gasteiger partial charge on any atom is 0.268 e. The lowest BCUT2D eigenvalue weighted by atomic mass is 10.1. The molecular weight excluding hydrogens is 444 g/mol. The van der Waals surface area contributed by atoms with E-state index < -0.39 is 10.0 Å². The van der Waals surface area contributed by atoms with Gasteiger partial charge in [-0.15, -0.1) is 0 Å². The number of nitrogens with zero attached hydrogens (tertiary/aromatic N) is 4. The molecule has 2 aromatic carbocycles. The van der Waals surface area contributed by atoms with Gasteiger partial charge in [0, 0.05) is 36.5 Å². The Morgan fingerprint density at radius 3 is 2.59 bits per heavy atom. The van der Waals surface area contributed by atoms with Crippen LogP contribution in [-0.2, 0) is 20.6 Å². The zero-order chi connectivity index (χ0) is 22.3. The van der Waals surface area contributed by atoms with Crippen molar-refractivity contribution in [1.29, 1.82) is 0 Å². The fraction of sp³-hybridized carbons (Fsp3) is 0.261. The van der Waals surface area contributed by atoms with E-state index in [1.165, 1.54) is 22.3 Å². The highest BCUT2D eigenvalue weighted by Gasteiger charge is 2.35. The van der Waals surface area contributed by atoms with Gasteiger partial charge in [0.2, 0.25) is 5.91 Å². The molecule has 0 unspecified atom stereocenters. The van der Waals surface area contributed by atoms with Crippen molar-refractivity contribution < 1.29 is 13.2 Å². The van der Waals surface area contributed by atoms with Crippen LogP contribution in [0.1, 0.15) is 25.3 Å². The van der Waals surface area contributed by atoms with Gasteiger partial charge < -0.3 is 4.90 Å². The van der Waals surface area contributed by atoms with Crippen molar-refractivity contribution in [3.05, 3.63) is 60.3 Å². The van der Waals surface area contributed by atoms with Crippen molar-refractivity contribution >= 4 is 39.1 Å². The van der Waals surface area contributed by atoms with Gasteiger partial charge in [-0.1, -0.05) is 42.1 Å². The van der Waals surface area contributed by atoms with Crippen LogP contribution in [0.5, 0.6) is 0 Å². The second kappa shape index (κ2) is 8.22. The third-order valence-electron chi connectivity index (χ3n) is 5.71. The maximum absolute atomic E-state index is 13.1. The minimum atomic E-state index is -3.68. The quantitative estimate of drug-likeness (QED) is 0.416. The summed E-state index contributed by atoms with van der Waals surface area (Å²) in [5, 5.41) is 0.525. The van der Waals surface area contributed by atoms with E-state index in [0.29, 0.717) is 35.3 Å². The van der Waals surface area contributed by atoms with Gasteiger partial charge in [0.15, 0.2) is 5.16 Å². The zero-order valence-corrected chi connectivity index (χ0v) is 19.2. The van der Waals surface area contributed by atoms with Crippen LogP contribution in [0.25, 0.3) is 11.3 Å². The molecule has 9 heteroatoms. The zero-order valence-electron chi connectivity index (χ0n) is 17.6. The monoisotopic (exact) mass is 466 g/mol. The minimum Gasteiger partial charge on any atom is -0.312 e. The Morgan fingerprint density at radius 1 is 1.09 bits per heavy atom. The summed E-state index contributed by atoms with van der Waals surface area (Å²) in [4.78, 5) is 22.8. The van der Waals surface area contributed by atoms with Crippen LogP contribution in [0.15, 0.2) is 64.8 Å². The smallest absolute Gasteiger partial charge is 0.268 e. The van der Waals surface area contributed by atoms with E-state index in [0.717, 1.165) is 29.8 Å². The Morgan fingerprint density at radius 2 is 1.88 bits per heavy atom. The highest BCUT2D eigenvalue weighted by Crippen LogP contribution is 2.42. The number of para-hydroxylation sites is 1. The van der Waals surface area contributed by atoms with Crippen LogP contribution in [0.3, 0.4) is 0 Å². The third-order valence-corrected chi connectivity index (χ3v) is 8.53. The van der Waals surface area contributed by atoms with Crippen LogP contribution in [0, 0.1) is 0 Å². The highest BCUT2D eigenvalue weighted by atomic mass is 32.2. The fourth-order valence-electron chi connectivity index (χ4n) is 4.13. The average Bonchev–Trinajstić information content (AvgIpc) is 3.24. The number of carbonyl (C=O) groups excluding carboxylic acids is 1. The number of anilines is 2. The molecule has 1 aromatic heterocycles. The normalized spacial score (nSPS) is 16.7. The molecule has 164 valence electrons. The predicted octanol–water partition coefficient (Wildman–Crippen LogP) is 4.09. The summed E-state index contributed by atoms with van der Waals surface area (Å²) in [7, 11) is -3.68. The molecule has 32 heavy (non-hydrogen) atoms.